The third-order valence-electron chi connectivity index (χ3n) is 3.26. The number of carboxylic acids is 1. The number of rotatable bonds is 9. The van der Waals surface area contributed by atoms with Crippen LogP contribution in [-0.4, -0.2) is 41.0 Å². The molecule has 0 rings (SSSR count). The van der Waals surface area contributed by atoms with Gasteiger partial charge in [0.25, 0.3) is 0 Å². The van der Waals surface area contributed by atoms with Crippen molar-refractivity contribution in [1.29, 1.82) is 0 Å². The third kappa shape index (κ3) is 7.15. The number of aliphatic carboxylic acids is 1. The van der Waals surface area contributed by atoms with Crippen LogP contribution < -0.4 is 5.73 Å². The van der Waals surface area contributed by atoms with Crippen molar-refractivity contribution in [3.8, 4) is 0 Å². The molecule has 0 saturated heterocycles. The van der Waals surface area contributed by atoms with Gasteiger partial charge >= 0.3 is 5.97 Å². The molecule has 0 aromatic carbocycles. The van der Waals surface area contributed by atoms with Gasteiger partial charge in [0.1, 0.15) is 0 Å². The van der Waals surface area contributed by atoms with Crippen molar-refractivity contribution in [2.45, 2.75) is 53.0 Å². The molecule has 0 heterocycles. The summed E-state index contributed by atoms with van der Waals surface area (Å²) >= 11 is 0. The maximum Gasteiger partial charge on any atom is 0.305 e. The number of nitrogens with two attached hydrogens (primary N) is 1. The second kappa shape index (κ2) is 8.91. The average molecular weight is 272 g/mol. The quantitative estimate of drug-likeness (QED) is 0.669. The first-order valence-electron chi connectivity index (χ1n) is 7.03. The number of hydrogen-bond donors (Lipinski definition) is 2. The highest BCUT2D eigenvalue weighted by atomic mass is 16.4. The predicted molar refractivity (Wildman–Crippen MR) is 75.7 cm³/mol. The van der Waals surface area contributed by atoms with E-state index < -0.39 is 5.97 Å². The summed E-state index contributed by atoms with van der Waals surface area (Å²) in [5.74, 6) is -0.185. The van der Waals surface area contributed by atoms with Crippen LogP contribution in [0, 0.1) is 11.8 Å². The van der Waals surface area contributed by atoms with Gasteiger partial charge in [-0.25, -0.2) is 0 Å². The summed E-state index contributed by atoms with van der Waals surface area (Å²) in [7, 11) is 0. The van der Waals surface area contributed by atoms with Crippen LogP contribution in [0.4, 0.5) is 0 Å². The van der Waals surface area contributed by atoms with Crippen molar-refractivity contribution in [1.82, 2.24) is 4.90 Å². The molecule has 5 heteroatoms. The summed E-state index contributed by atoms with van der Waals surface area (Å²) in [5.41, 5.74) is 5.70. The van der Waals surface area contributed by atoms with Gasteiger partial charge in [0.2, 0.25) is 5.91 Å². The van der Waals surface area contributed by atoms with Crippen LogP contribution in [0.1, 0.15) is 47.0 Å². The molecule has 0 radical (unpaired) electrons. The summed E-state index contributed by atoms with van der Waals surface area (Å²) in [4.78, 5) is 24.6. The number of carbonyl (C=O) groups excluding carboxylic acids is 1. The monoisotopic (exact) mass is 272 g/mol. The molecule has 0 saturated carbocycles. The van der Waals surface area contributed by atoms with Gasteiger partial charge < -0.3 is 15.7 Å². The molecule has 1 amide bonds. The molecule has 3 N–H and O–H groups in total. The number of hydrogen-bond acceptors (Lipinski definition) is 3. The first-order valence-corrected chi connectivity index (χ1v) is 7.03. The van der Waals surface area contributed by atoms with Crippen LogP contribution in [0.2, 0.25) is 0 Å². The Morgan fingerprint density at radius 3 is 2.16 bits per heavy atom. The molecule has 0 fully saturated rings. The maximum atomic E-state index is 12.2. The lowest BCUT2D eigenvalue weighted by atomic mass is 9.93. The van der Waals surface area contributed by atoms with Gasteiger partial charge in [0.05, 0.1) is 6.42 Å². The standard InChI is InChI=1S/C14H28N2O3/c1-5-16(11(4)7-14(18)19)13(17)8-12(9-15)6-10(2)3/h10-12H,5-9,15H2,1-4H3,(H,18,19)/t11?,12-/m0/s1. The number of nitrogens with zero attached hydrogens (tertiary/aromatic N) is 1. The van der Waals surface area contributed by atoms with Gasteiger partial charge in [-0.15, -0.1) is 0 Å². The predicted octanol–water partition coefficient (Wildman–Crippen LogP) is 1.71. The first-order chi connectivity index (χ1) is 8.81. The third-order valence-corrected chi connectivity index (χ3v) is 3.26. The SMILES string of the molecule is CCN(C(=O)C[C@@H](CN)CC(C)C)C(C)CC(=O)O. The highest BCUT2D eigenvalue weighted by molar-refractivity contribution is 5.77. The zero-order valence-electron chi connectivity index (χ0n) is 12.6. The second-order valence-corrected chi connectivity index (χ2v) is 5.56. The molecular formula is C14H28N2O3. The summed E-state index contributed by atoms with van der Waals surface area (Å²) in [6.45, 7) is 8.89. The highest BCUT2D eigenvalue weighted by Crippen LogP contribution is 2.17. The summed E-state index contributed by atoms with van der Waals surface area (Å²) in [6, 6.07) is -0.271. The Labute approximate surface area is 116 Å². The summed E-state index contributed by atoms with van der Waals surface area (Å²) in [5, 5.41) is 8.80. The normalized spacial score (nSPS) is 14.2. The van der Waals surface area contributed by atoms with Crippen molar-refractivity contribution in [2.24, 2.45) is 17.6 Å². The molecule has 0 aromatic heterocycles. The van der Waals surface area contributed by atoms with Crippen molar-refractivity contribution in [3.63, 3.8) is 0 Å². The molecule has 0 aromatic rings. The molecule has 0 aliphatic heterocycles. The van der Waals surface area contributed by atoms with E-state index in [4.69, 9.17) is 10.8 Å². The molecule has 19 heavy (non-hydrogen) atoms. The van der Waals surface area contributed by atoms with Crippen LogP contribution in [0.25, 0.3) is 0 Å². The number of carbonyl (C=O) groups is 2. The molecule has 0 bridgehead atoms. The van der Waals surface area contributed by atoms with Crippen molar-refractivity contribution in [2.75, 3.05) is 13.1 Å². The Balaban J connectivity index is 4.52. The molecule has 0 aliphatic carbocycles. The fourth-order valence-corrected chi connectivity index (χ4v) is 2.39. The molecule has 0 aliphatic rings. The second-order valence-electron chi connectivity index (χ2n) is 5.56. The lowest BCUT2D eigenvalue weighted by Gasteiger charge is -2.29. The van der Waals surface area contributed by atoms with Crippen LogP contribution in [-0.2, 0) is 9.59 Å². The van der Waals surface area contributed by atoms with Crippen molar-refractivity contribution >= 4 is 11.9 Å². The van der Waals surface area contributed by atoms with E-state index in [1.165, 1.54) is 0 Å². The van der Waals surface area contributed by atoms with E-state index in [0.29, 0.717) is 25.4 Å². The fourth-order valence-electron chi connectivity index (χ4n) is 2.39. The Kier molecular flexibility index (Phi) is 8.39. The molecule has 0 spiro atoms. The minimum Gasteiger partial charge on any atom is -0.481 e. The van der Waals surface area contributed by atoms with Gasteiger partial charge in [-0.1, -0.05) is 13.8 Å². The Hall–Kier alpha value is -1.10. The van der Waals surface area contributed by atoms with Crippen LogP contribution in [0.3, 0.4) is 0 Å². The van der Waals surface area contributed by atoms with E-state index in [1.807, 2.05) is 6.92 Å². The van der Waals surface area contributed by atoms with Crippen LogP contribution >= 0.6 is 0 Å². The lowest BCUT2D eigenvalue weighted by Crippen LogP contribution is -2.41. The molecule has 2 atom stereocenters. The van der Waals surface area contributed by atoms with E-state index in [1.54, 1.807) is 11.8 Å². The molecule has 5 nitrogen and oxygen atoms in total. The van der Waals surface area contributed by atoms with E-state index in [0.717, 1.165) is 6.42 Å². The molecular weight excluding hydrogens is 244 g/mol. The smallest absolute Gasteiger partial charge is 0.305 e. The molecule has 1 unspecified atom stereocenters. The van der Waals surface area contributed by atoms with E-state index in [2.05, 4.69) is 13.8 Å². The van der Waals surface area contributed by atoms with Crippen LogP contribution in [0.5, 0.6) is 0 Å². The van der Waals surface area contributed by atoms with E-state index in [-0.39, 0.29) is 24.3 Å². The van der Waals surface area contributed by atoms with E-state index in [9.17, 15) is 9.59 Å². The Bertz CT molecular complexity index is 292. The lowest BCUT2D eigenvalue weighted by molar-refractivity contribution is -0.140. The summed E-state index contributed by atoms with van der Waals surface area (Å²) < 4.78 is 0. The van der Waals surface area contributed by atoms with Crippen LogP contribution in [0.15, 0.2) is 0 Å². The van der Waals surface area contributed by atoms with Gasteiger partial charge in [0, 0.05) is 19.0 Å². The Morgan fingerprint density at radius 2 is 1.79 bits per heavy atom. The highest BCUT2D eigenvalue weighted by Gasteiger charge is 2.23. The topological polar surface area (TPSA) is 83.6 Å². The fraction of sp³-hybridized carbons (Fsp3) is 0.857. The Morgan fingerprint density at radius 1 is 1.21 bits per heavy atom. The number of carboxylic acid groups (broad SMARTS) is 1. The minimum atomic E-state index is -0.878. The number of amides is 1. The maximum absolute atomic E-state index is 12.2. The van der Waals surface area contributed by atoms with Gasteiger partial charge in [-0.05, 0) is 38.6 Å². The minimum absolute atomic E-state index is 0.00681. The zero-order chi connectivity index (χ0) is 15.0. The molecule has 112 valence electrons. The average Bonchev–Trinajstić information content (AvgIpc) is 2.27. The zero-order valence-corrected chi connectivity index (χ0v) is 12.6. The largest absolute Gasteiger partial charge is 0.481 e. The van der Waals surface area contributed by atoms with Gasteiger partial charge in [0.15, 0.2) is 0 Å². The van der Waals surface area contributed by atoms with Crippen molar-refractivity contribution in [3.05, 3.63) is 0 Å². The first kappa shape index (κ1) is 17.9. The van der Waals surface area contributed by atoms with Crippen molar-refractivity contribution < 1.29 is 14.7 Å². The van der Waals surface area contributed by atoms with E-state index >= 15 is 0 Å². The van der Waals surface area contributed by atoms with Gasteiger partial charge in [-0.3, -0.25) is 9.59 Å². The summed E-state index contributed by atoms with van der Waals surface area (Å²) in [6.07, 6.45) is 1.32. The van der Waals surface area contributed by atoms with Gasteiger partial charge in [-0.2, -0.15) is 0 Å².